The Bertz CT molecular complexity index is 760. The maximum atomic E-state index is 12.2. The van der Waals surface area contributed by atoms with Crippen molar-refractivity contribution in [3.63, 3.8) is 0 Å². The Labute approximate surface area is 153 Å². The van der Waals surface area contributed by atoms with Gasteiger partial charge in [0.1, 0.15) is 17.3 Å². The van der Waals surface area contributed by atoms with Gasteiger partial charge >= 0.3 is 5.97 Å². The molecular formula is C19H24N4O3. The predicted molar refractivity (Wildman–Crippen MR) is 99.7 cm³/mol. The number of carbonyl (C=O) groups is 2. The van der Waals surface area contributed by atoms with E-state index < -0.39 is 0 Å². The van der Waals surface area contributed by atoms with Crippen molar-refractivity contribution in [1.29, 1.82) is 0 Å². The molecule has 0 aliphatic carbocycles. The topological polar surface area (TPSA) is 93.2 Å². The van der Waals surface area contributed by atoms with E-state index in [0.29, 0.717) is 36.1 Å². The zero-order valence-corrected chi connectivity index (χ0v) is 15.3. The first kappa shape index (κ1) is 19.4. The molecule has 7 nitrogen and oxygen atoms in total. The summed E-state index contributed by atoms with van der Waals surface area (Å²) in [5.74, 6) is 0.438. The van der Waals surface area contributed by atoms with E-state index >= 15 is 0 Å². The van der Waals surface area contributed by atoms with Crippen molar-refractivity contribution >= 4 is 23.4 Å². The third kappa shape index (κ3) is 5.54. The van der Waals surface area contributed by atoms with Crippen LogP contribution >= 0.6 is 0 Å². The standard InChI is InChI=1S/C19H24N4O3/c1-4-6-11-20-18(24)16-12-17(22-13(3)21-16)23-15-9-7-14(8-10-15)19(25)26-5-2/h7-10,12H,4-6,11H2,1-3H3,(H,20,24)(H,21,22,23). The summed E-state index contributed by atoms with van der Waals surface area (Å²) in [6.07, 6.45) is 1.94. The Balaban J connectivity index is 2.09. The van der Waals surface area contributed by atoms with Crippen LogP contribution in [0, 0.1) is 6.92 Å². The number of ether oxygens (including phenoxy) is 1. The number of aryl methyl sites for hydroxylation is 1. The molecule has 0 fully saturated rings. The number of benzene rings is 1. The van der Waals surface area contributed by atoms with E-state index in [4.69, 9.17) is 4.74 Å². The van der Waals surface area contributed by atoms with Gasteiger partial charge in [0.25, 0.3) is 5.91 Å². The van der Waals surface area contributed by atoms with E-state index in [0.717, 1.165) is 18.5 Å². The third-order valence-electron chi connectivity index (χ3n) is 3.55. The maximum Gasteiger partial charge on any atom is 0.338 e. The van der Waals surface area contributed by atoms with Gasteiger partial charge in [-0.2, -0.15) is 0 Å². The van der Waals surface area contributed by atoms with Gasteiger partial charge in [-0.3, -0.25) is 4.79 Å². The lowest BCUT2D eigenvalue weighted by Crippen LogP contribution is -2.25. The van der Waals surface area contributed by atoms with Crippen molar-refractivity contribution in [2.75, 3.05) is 18.5 Å². The van der Waals surface area contributed by atoms with Crippen molar-refractivity contribution in [1.82, 2.24) is 15.3 Å². The molecule has 0 spiro atoms. The van der Waals surface area contributed by atoms with E-state index in [1.807, 2.05) is 0 Å². The van der Waals surface area contributed by atoms with Crippen molar-refractivity contribution in [2.45, 2.75) is 33.6 Å². The number of nitrogens with zero attached hydrogens (tertiary/aromatic N) is 2. The Hall–Kier alpha value is -2.96. The molecular weight excluding hydrogens is 332 g/mol. The van der Waals surface area contributed by atoms with Crippen molar-refractivity contribution in [3.05, 3.63) is 47.4 Å². The Morgan fingerprint density at radius 2 is 1.85 bits per heavy atom. The molecule has 0 aliphatic rings. The van der Waals surface area contributed by atoms with Crippen LogP contribution in [0.3, 0.4) is 0 Å². The first-order valence-electron chi connectivity index (χ1n) is 8.71. The summed E-state index contributed by atoms with van der Waals surface area (Å²) in [5.41, 5.74) is 1.54. The number of amides is 1. The van der Waals surface area contributed by atoms with Crippen LogP contribution in [0.2, 0.25) is 0 Å². The van der Waals surface area contributed by atoms with Crippen LogP contribution in [-0.4, -0.2) is 35.0 Å². The van der Waals surface area contributed by atoms with Gasteiger partial charge in [-0.25, -0.2) is 14.8 Å². The van der Waals surface area contributed by atoms with Crippen molar-refractivity contribution in [2.24, 2.45) is 0 Å². The number of unbranched alkanes of at least 4 members (excludes halogenated alkanes) is 1. The maximum absolute atomic E-state index is 12.2. The molecule has 1 aromatic heterocycles. The summed E-state index contributed by atoms with van der Waals surface area (Å²) >= 11 is 0. The van der Waals surface area contributed by atoms with Crippen LogP contribution in [0.5, 0.6) is 0 Å². The van der Waals surface area contributed by atoms with E-state index in [9.17, 15) is 9.59 Å². The first-order chi connectivity index (χ1) is 12.5. The predicted octanol–water partition coefficient (Wildman–Crippen LogP) is 3.24. The summed E-state index contributed by atoms with van der Waals surface area (Å²) in [6, 6.07) is 8.46. The number of hydrogen-bond donors (Lipinski definition) is 2. The molecule has 2 aromatic rings. The molecule has 1 aromatic carbocycles. The van der Waals surface area contributed by atoms with Crippen LogP contribution in [0.1, 0.15) is 53.4 Å². The summed E-state index contributed by atoms with van der Waals surface area (Å²) in [6.45, 7) is 6.52. The van der Waals surface area contributed by atoms with Gasteiger partial charge in [-0.1, -0.05) is 13.3 Å². The summed E-state index contributed by atoms with van der Waals surface area (Å²) in [7, 11) is 0. The fourth-order valence-corrected chi connectivity index (χ4v) is 2.27. The molecule has 138 valence electrons. The Morgan fingerprint density at radius 1 is 1.12 bits per heavy atom. The summed E-state index contributed by atoms with van der Waals surface area (Å²) < 4.78 is 4.96. The molecule has 0 atom stereocenters. The lowest BCUT2D eigenvalue weighted by Gasteiger charge is -2.09. The molecule has 0 unspecified atom stereocenters. The average Bonchev–Trinajstić information content (AvgIpc) is 2.62. The van der Waals surface area contributed by atoms with Crippen LogP contribution in [0.15, 0.2) is 30.3 Å². The smallest absolute Gasteiger partial charge is 0.338 e. The molecule has 0 saturated carbocycles. The number of rotatable bonds is 8. The van der Waals surface area contributed by atoms with Gasteiger partial charge in [-0.05, 0) is 44.5 Å². The van der Waals surface area contributed by atoms with E-state index in [1.165, 1.54) is 0 Å². The number of anilines is 2. The number of hydrogen-bond acceptors (Lipinski definition) is 6. The van der Waals surface area contributed by atoms with Crippen LogP contribution in [0.4, 0.5) is 11.5 Å². The average molecular weight is 356 g/mol. The Kier molecular flexibility index (Phi) is 7.08. The van der Waals surface area contributed by atoms with Gasteiger partial charge in [0.15, 0.2) is 0 Å². The molecule has 0 bridgehead atoms. The molecule has 7 heteroatoms. The minimum absolute atomic E-state index is 0.218. The fourth-order valence-electron chi connectivity index (χ4n) is 2.27. The second-order valence-corrected chi connectivity index (χ2v) is 5.72. The number of carbonyl (C=O) groups excluding carboxylic acids is 2. The van der Waals surface area contributed by atoms with Crippen LogP contribution in [0.25, 0.3) is 0 Å². The van der Waals surface area contributed by atoms with Crippen LogP contribution < -0.4 is 10.6 Å². The zero-order chi connectivity index (χ0) is 18.9. The highest BCUT2D eigenvalue weighted by Crippen LogP contribution is 2.17. The molecule has 0 aliphatic heterocycles. The molecule has 1 amide bonds. The third-order valence-corrected chi connectivity index (χ3v) is 3.55. The minimum Gasteiger partial charge on any atom is -0.462 e. The minimum atomic E-state index is -0.358. The van der Waals surface area contributed by atoms with Gasteiger partial charge < -0.3 is 15.4 Å². The SMILES string of the molecule is CCCCNC(=O)c1cc(Nc2ccc(C(=O)OCC)cc2)nc(C)n1. The monoisotopic (exact) mass is 356 g/mol. The highest BCUT2D eigenvalue weighted by Gasteiger charge is 2.11. The van der Waals surface area contributed by atoms with Gasteiger partial charge in [0.2, 0.25) is 0 Å². The molecule has 2 rings (SSSR count). The largest absolute Gasteiger partial charge is 0.462 e. The van der Waals surface area contributed by atoms with Gasteiger partial charge in [-0.15, -0.1) is 0 Å². The first-order valence-corrected chi connectivity index (χ1v) is 8.71. The Morgan fingerprint density at radius 3 is 2.50 bits per heavy atom. The quantitative estimate of drug-likeness (QED) is 0.557. The lowest BCUT2D eigenvalue weighted by molar-refractivity contribution is 0.0526. The molecule has 1 heterocycles. The summed E-state index contributed by atoms with van der Waals surface area (Å²) in [5, 5.41) is 5.96. The summed E-state index contributed by atoms with van der Waals surface area (Å²) in [4.78, 5) is 32.3. The molecule has 26 heavy (non-hydrogen) atoms. The van der Waals surface area contributed by atoms with E-state index in [1.54, 1.807) is 44.2 Å². The van der Waals surface area contributed by atoms with Gasteiger partial charge in [0.05, 0.1) is 12.2 Å². The van der Waals surface area contributed by atoms with Crippen LogP contribution in [-0.2, 0) is 4.74 Å². The number of esters is 1. The lowest BCUT2D eigenvalue weighted by atomic mass is 10.2. The molecule has 2 N–H and O–H groups in total. The van der Waals surface area contributed by atoms with Crippen molar-refractivity contribution < 1.29 is 14.3 Å². The normalized spacial score (nSPS) is 10.3. The highest BCUT2D eigenvalue weighted by atomic mass is 16.5. The second kappa shape index (κ2) is 9.50. The fraction of sp³-hybridized carbons (Fsp3) is 0.368. The molecule has 0 saturated heterocycles. The van der Waals surface area contributed by atoms with Gasteiger partial charge in [0, 0.05) is 18.3 Å². The number of aromatic nitrogens is 2. The molecule has 0 radical (unpaired) electrons. The highest BCUT2D eigenvalue weighted by molar-refractivity contribution is 5.93. The van der Waals surface area contributed by atoms with E-state index in [-0.39, 0.29) is 11.9 Å². The van der Waals surface area contributed by atoms with E-state index in [2.05, 4.69) is 27.5 Å². The number of nitrogens with one attached hydrogen (secondary N) is 2. The zero-order valence-electron chi connectivity index (χ0n) is 15.3. The van der Waals surface area contributed by atoms with Crippen molar-refractivity contribution in [3.8, 4) is 0 Å². The second-order valence-electron chi connectivity index (χ2n) is 5.72.